The summed E-state index contributed by atoms with van der Waals surface area (Å²) in [5.74, 6) is 0.753. The van der Waals surface area contributed by atoms with Gasteiger partial charge in [0, 0.05) is 10.6 Å². The molecule has 0 atom stereocenters. The molecule has 5 heteroatoms. The summed E-state index contributed by atoms with van der Waals surface area (Å²) in [6.45, 7) is 0. The van der Waals surface area contributed by atoms with Crippen LogP contribution in [0.25, 0.3) is 26.3 Å². The topological polar surface area (TPSA) is 34.9 Å². The number of aromatic nitrogens is 2. The van der Waals surface area contributed by atoms with Gasteiger partial charge in [-0.1, -0.05) is 90.6 Å². The molecule has 5 rings (SSSR count). The molecule has 0 saturated carbocycles. The summed E-state index contributed by atoms with van der Waals surface area (Å²) in [6.07, 6.45) is 0. The molecule has 3 nitrogen and oxygen atoms in total. The quantitative estimate of drug-likeness (QED) is 0.241. The molecule has 0 bridgehead atoms. The molecule has 0 spiro atoms. The van der Waals surface area contributed by atoms with Gasteiger partial charge in [0.05, 0.1) is 11.1 Å². The van der Waals surface area contributed by atoms with Crippen LogP contribution in [-0.4, -0.2) is 9.55 Å². The molecule has 0 unspecified atom stereocenters. The number of nitrogens with zero attached hydrogens (tertiary/aromatic N) is 2. The van der Waals surface area contributed by atoms with Crippen LogP contribution in [0.3, 0.4) is 0 Å². The lowest BCUT2D eigenvalue weighted by molar-refractivity contribution is 0.822. The Morgan fingerprint density at radius 1 is 0.833 bits per heavy atom. The Kier molecular flexibility index (Phi) is 5.22. The van der Waals surface area contributed by atoms with Gasteiger partial charge in [-0.25, -0.2) is 4.98 Å². The van der Waals surface area contributed by atoms with Crippen LogP contribution in [0, 0.1) is 0 Å². The number of fused-ring (bicyclic) bond motifs is 1. The van der Waals surface area contributed by atoms with Crippen molar-refractivity contribution in [2.45, 2.75) is 10.9 Å². The molecule has 0 fully saturated rings. The first-order valence-electron chi connectivity index (χ1n) is 9.64. The molecule has 2 heterocycles. The summed E-state index contributed by atoms with van der Waals surface area (Å²) in [4.78, 5) is 20.3. The van der Waals surface area contributed by atoms with Crippen LogP contribution in [0.5, 0.6) is 0 Å². The molecule has 0 saturated heterocycles. The second kappa shape index (κ2) is 8.30. The van der Waals surface area contributed by atoms with Crippen LogP contribution in [0.4, 0.5) is 0 Å². The Balaban J connectivity index is 1.65. The second-order valence-corrected chi connectivity index (χ2v) is 8.81. The largest absolute Gasteiger partial charge is 0.268 e. The van der Waals surface area contributed by atoms with E-state index >= 15 is 0 Å². The normalized spacial score (nSPS) is 11.1. The zero-order chi connectivity index (χ0) is 20.3. The lowest BCUT2D eigenvalue weighted by atomic mass is 10.2. The Morgan fingerprint density at radius 3 is 2.17 bits per heavy atom. The van der Waals surface area contributed by atoms with Crippen LogP contribution in [0.2, 0.25) is 0 Å². The van der Waals surface area contributed by atoms with Crippen molar-refractivity contribution in [3.8, 4) is 16.1 Å². The van der Waals surface area contributed by atoms with Gasteiger partial charge in [-0.3, -0.25) is 9.36 Å². The molecule has 0 aliphatic heterocycles. The number of thiophene rings is 1. The first kappa shape index (κ1) is 18.9. The maximum Gasteiger partial charge on any atom is 0.267 e. The van der Waals surface area contributed by atoms with Crippen molar-refractivity contribution in [1.82, 2.24) is 9.55 Å². The molecular formula is C25H18N2OS2. The van der Waals surface area contributed by atoms with Gasteiger partial charge in [-0.2, -0.15) is 0 Å². The van der Waals surface area contributed by atoms with E-state index in [1.165, 1.54) is 5.56 Å². The van der Waals surface area contributed by atoms with E-state index in [4.69, 9.17) is 4.98 Å². The van der Waals surface area contributed by atoms with Crippen LogP contribution in [-0.2, 0) is 5.75 Å². The number of thioether (sulfide) groups is 1. The van der Waals surface area contributed by atoms with Gasteiger partial charge in [0.25, 0.3) is 5.56 Å². The summed E-state index contributed by atoms with van der Waals surface area (Å²) in [6, 6.07) is 32.1. The van der Waals surface area contributed by atoms with Gasteiger partial charge in [-0.05, 0) is 29.3 Å². The molecule has 0 radical (unpaired) electrons. The molecule has 0 aliphatic rings. The molecule has 146 valence electrons. The smallest absolute Gasteiger partial charge is 0.267 e. The Morgan fingerprint density at radius 2 is 1.47 bits per heavy atom. The van der Waals surface area contributed by atoms with Gasteiger partial charge in [0.1, 0.15) is 4.83 Å². The van der Waals surface area contributed by atoms with Crippen molar-refractivity contribution in [3.63, 3.8) is 0 Å². The van der Waals surface area contributed by atoms with E-state index in [1.807, 2.05) is 72.8 Å². The lowest BCUT2D eigenvalue weighted by Gasteiger charge is -2.12. The van der Waals surface area contributed by atoms with Crippen LogP contribution >= 0.6 is 23.1 Å². The summed E-state index contributed by atoms with van der Waals surface area (Å²) in [5, 5.41) is 1.37. The van der Waals surface area contributed by atoms with Crippen LogP contribution < -0.4 is 5.56 Å². The van der Waals surface area contributed by atoms with Gasteiger partial charge >= 0.3 is 0 Å². The molecule has 2 aromatic heterocycles. The minimum atomic E-state index is -0.0276. The van der Waals surface area contributed by atoms with Crippen LogP contribution in [0.15, 0.2) is 107 Å². The maximum absolute atomic E-state index is 13.5. The molecule has 0 N–H and O–H groups in total. The number of hydrogen-bond donors (Lipinski definition) is 0. The first-order chi connectivity index (χ1) is 14.8. The number of para-hydroxylation sites is 1. The zero-order valence-electron chi connectivity index (χ0n) is 16.1. The molecular weight excluding hydrogens is 408 g/mol. The predicted molar refractivity (Wildman–Crippen MR) is 127 cm³/mol. The summed E-state index contributed by atoms with van der Waals surface area (Å²) in [5.41, 5.74) is 3.11. The highest BCUT2D eigenvalue weighted by molar-refractivity contribution is 7.98. The highest BCUT2D eigenvalue weighted by Gasteiger charge is 2.16. The number of hydrogen-bond acceptors (Lipinski definition) is 4. The van der Waals surface area contributed by atoms with Crippen molar-refractivity contribution in [2.24, 2.45) is 0 Å². The van der Waals surface area contributed by atoms with Crippen molar-refractivity contribution in [3.05, 3.63) is 113 Å². The first-order valence-corrected chi connectivity index (χ1v) is 11.4. The van der Waals surface area contributed by atoms with Gasteiger partial charge < -0.3 is 0 Å². The monoisotopic (exact) mass is 426 g/mol. The van der Waals surface area contributed by atoms with Gasteiger partial charge in [0.15, 0.2) is 5.16 Å². The Hall–Kier alpha value is -3.15. The lowest BCUT2D eigenvalue weighted by Crippen LogP contribution is -2.21. The average Bonchev–Trinajstić information content (AvgIpc) is 3.24. The van der Waals surface area contributed by atoms with E-state index < -0.39 is 0 Å². The molecule has 3 aromatic carbocycles. The zero-order valence-corrected chi connectivity index (χ0v) is 17.7. The highest BCUT2D eigenvalue weighted by Crippen LogP contribution is 2.33. The van der Waals surface area contributed by atoms with E-state index in [-0.39, 0.29) is 5.56 Å². The van der Waals surface area contributed by atoms with Crippen molar-refractivity contribution >= 4 is 33.3 Å². The van der Waals surface area contributed by atoms with Crippen molar-refractivity contribution in [2.75, 3.05) is 0 Å². The SMILES string of the molecule is O=c1c2cc(-c3ccccc3)sc2nc(SCc2ccccc2)n1-c1ccccc1. The third-order valence-corrected chi connectivity index (χ3v) is 6.91. The summed E-state index contributed by atoms with van der Waals surface area (Å²) < 4.78 is 1.73. The van der Waals surface area contributed by atoms with E-state index in [0.717, 1.165) is 26.7 Å². The molecule has 30 heavy (non-hydrogen) atoms. The highest BCUT2D eigenvalue weighted by atomic mass is 32.2. The van der Waals surface area contributed by atoms with Crippen LogP contribution in [0.1, 0.15) is 5.56 Å². The molecule has 0 amide bonds. The number of benzene rings is 3. The van der Waals surface area contributed by atoms with Gasteiger partial charge in [0.2, 0.25) is 0 Å². The summed E-state index contributed by atoms with van der Waals surface area (Å²) >= 11 is 3.15. The fourth-order valence-electron chi connectivity index (χ4n) is 3.33. The van der Waals surface area contributed by atoms with Crippen molar-refractivity contribution in [1.29, 1.82) is 0 Å². The van der Waals surface area contributed by atoms with E-state index in [0.29, 0.717) is 10.5 Å². The van der Waals surface area contributed by atoms with Crippen molar-refractivity contribution < 1.29 is 0 Å². The number of rotatable bonds is 5. The minimum absolute atomic E-state index is 0.0276. The minimum Gasteiger partial charge on any atom is -0.268 e. The standard InChI is InChI=1S/C25H18N2OS2/c28-24-21-16-22(19-12-6-2-7-13-19)30-23(21)26-25(27(24)20-14-8-3-9-15-20)29-17-18-10-4-1-5-11-18/h1-16H,17H2. The summed E-state index contributed by atoms with van der Waals surface area (Å²) in [7, 11) is 0. The third kappa shape index (κ3) is 3.70. The molecule has 0 aliphatic carbocycles. The fraction of sp³-hybridized carbons (Fsp3) is 0.0400. The van der Waals surface area contributed by atoms with E-state index in [1.54, 1.807) is 27.7 Å². The average molecular weight is 427 g/mol. The second-order valence-electron chi connectivity index (χ2n) is 6.84. The van der Waals surface area contributed by atoms with Gasteiger partial charge in [-0.15, -0.1) is 11.3 Å². The Labute approximate surface area is 182 Å². The Bertz CT molecular complexity index is 1340. The third-order valence-electron chi connectivity index (χ3n) is 4.82. The predicted octanol–water partition coefficient (Wildman–Crippen LogP) is 6.41. The molecule has 5 aromatic rings. The van der Waals surface area contributed by atoms with E-state index in [9.17, 15) is 4.79 Å². The maximum atomic E-state index is 13.5. The van der Waals surface area contributed by atoms with E-state index in [2.05, 4.69) is 24.3 Å². The fourth-order valence-corrected chi connectivity index (χ4v) is 5.38.